The molecule has 0 radical (unpaired) electrons. The molecule has 1 aromatic carbocycles. The number of Topliss-reactive ketones (excluding diaryl/α,β-unsaturated/α-hetero) is 1. The van der Waals surface area contributed by atoms with Crippen molar-refractivity contribution in [3.8, 4) is 0 Å². The largest absolute Gasteiger partial charge is 0.343 e. The number of hydrogen-bond donors (Lipinski definition) is 0. The lowest BCUT2D eigenvalue weighted by Gasteiger charge is -2.30. The van der Waals surface area contributed by atoms with Gasteiger partial charge in [0.1, 0.15) is 5.78 Å². The van der Waals surface area contributed by atoms with E-state index in [0.29, 0.717) is 25.0 Å². The monoisotopic (exact) mass is 273 g/mol. The van der Waals surface area contributed by atoms with Crippen molar-refractivity contribution in [2.45, 2.75) is 51.5 Å². The molecular formula is C17H23NO2. The lowest BCUT2D eigenvalue weighted by molar-refractivity contribution is -0.134. The molecule has 3 heteroatoms. The lowest BCUT2D eigenvalue weighted by atomic mass is 9.93. The summed E-state index contributed by atoms with van der Waals surface area (Å²) >= 11 is 0. The van der Waals surface area contributed by atoms with Gasteiger partial charge >= 0.3 is 0 Å². The molecule has 0 aromatic heterocycles. The zero-order chi connectivity index (χ0) is 14.5. The number of benzene rings is 1. The molecule has 20 heavy (non-hydrogen) atoms. The number of carbonyl (C=O) groups is 2. The van der Waals surface area contributed by atoms with Gasteiger partial charge in [0, 0.05) is 32.4 Å². The Morgan fingerprint density at radius 3 is 2.65 bits per heavy atom. The fraction of sp³-hybridized carbons (Fsp3) is 0.529. The molecule has 1 fully saturated rings. The third-order valence-corrected chi connectivity index (χ3v) is 4.16. The SMILES string of the molecule is Cc1cccc(CCC(=O)N(C)C2CCC(=O)CC2)c1. The average Bonchev–Trinajstić information content (AvgIpc) is 2.45. The van der Waals surface area contributed by atoms with Crippen LogP contribution in [0.25, 0.3) is 0 Å². The third-order valence-electron chi connectivity index (χ3n) is 4.16. The van der Waals surface area contributed by atoms with E-state index in [1.165, 1.54) is 11.1 Å². The molecule has 108 valence electrons. The van der Waals surface area contributed by atoms with Crippen molar-refractivity contribution in [1.29, 1.82) is 0 Å². The van der Waals surface area contributed by atoms with E-state index in [1.54, 1.807) is 0 Å². The summed E-state index contributed by atoms with van der Waals surface area (Å²) in [5, 5.41) is 0. The van der Waals surface area contributed by atoms with Crippen molar-refractivity contribution >= 4 is 11.7 Å². The molecule has 0 aliphatic heterocycles. The van der Waals surface area contributed by atoms with Gasteiger partial charge in [-0.25, -0.2) is 0 Å². The Kier molecular flexibility index (Phi) is 4.94. The molecule has 1 amide bonds. The highest BCUT2D eigenvalue weighted by Crippen LogP contribution is 2.20. The van der Waals surface area contributed by atoms with E-state index >= 15 is 0 Å². The second kappa shape index (κ2) is 6.69. The normalized spacial score (nSPS) is 16.2. The molecule has 0 atom stereocenters. The highest BCUT2D eigenvalue weighted by Gasteiger charge is 2.24. The van der Waals surface area contributed by atoms with Gasteiger partial charge in [-0.1, -0.05) is 29.8 Å². The summed E-state index contributed by atoms with van der Waals surface area (Å²) in [5.74, 6) is 0.521. The van der Waals surface area contributed by atoms with Crippen LogP contribution in [0.1, 0.15) is 43.2 Å². The van der Waals surface area contributed by atoms with Gasteiger partial charge in [-0.05, 0) is 31.7 Å². The Morgan fingerprint density at radius 2 is 2.00 bits per heavy atom. The fourth-order valence-electron chi connectivity index (χ4n) is 2.81. The molecule has 0 spiro atoms. The maximum Gasteiger partial charge on any atom is 0.222 e. The molecule has 2 rings (SSSR count). The topological polar surface area (TPSA) is 37.4 Å². The summed E-state index contributed by atoms with van der Waals surface area (Å²) in [7, 11) is 1.87. The summed E-state index contributed by atoms with van der Waals surface area (Å²) in [6, 6.07) is 8.55. The first-order valence-corrected chi connectivity index (χ1v) is 7.39. The molecule has 0 N–H and O–H groups in total. The van der Waals surface area contributed by atoms with E-state index in [2.05, 4.69) is 25.1 Å². The lowest BCUT2D eigenvalue weighted by Crippen LogP contribution is -2.39. The Morgan fingerprint density at radius 1 is 1.30 bits per heavy atom. The van der Waals surface area contributed by atoms with Crippen molar-refractivity contribution in [3.05, 3.63) is 35.4 Å². The van der Waals surface area contributed by atoms with E-state index in [-0.39, 0.29) is 11.9 Å². The quantitative estimate of drug-likeness (QED) is 0.846. The van der Waals surface area contributed by atoms with Gasteiger partial charge in [0.25, 0.3) is 0 Å². The maximum absolute atomic E-state index is 12.2. The van der Waals surface area contributed by atoms with Crippen LogP contribution in [0.3, 0.4) is 0 Å². The van der Waals surface area contributed by atoms with E-state index in [0.717, 1.165) is 19.3 Å². The second-order valence-electron chi connectivity index (χ2n) is 5.76. The summed E-state index contributed by atoms with van der Waals surface area (Å²) in [4.78, 5) is 25.3. The molecule has 1 aliphatic carbocycles. The molecule has 1 aliphatic rings. The minimum Gasteiger partial charge on any atom is -0.343 e. The van der Waals surface area contributed by atoms with Gasteiger partial charge in [-0.2, -0.15) is 0 Å². The zero-order valence-electron chi connectivity index (χ0n) is 12.4. The number of nitrogens with zero attached hydrogens (tertiary/aromatic N) is 1. The third kappa shape index (κ3) is 3.92. The molecule has 0 saturated heterocycles. The van der Waals surface area contributed by atoms with Gasteiger partial charge in [0.2, 0.25) is 5.91 Å². The number of aryl methyl sites for hydroxylation is 2. The van der Waals surface area contributed by atoms with Crippen molar-refractivity contribution < 1.29 is 9.59 Å². The highest BCUT2D eigenvalue weighted by atomic mass is 16.2. The molecule has 0 bridgehead atoms. The van der Waals surface area contributed by atoms with Crippen LogP contribution in [-0.2, 0) is 16.0 Å². The van der Waals surface area contributed by atoms with Crippen LogP contribution in [0.4, 0.5) is 0 Å². The summed E-state index contributed by atoms with van der Waals surface area (Å²) in [6.07, 6.45) is 4.23. The molecular weight excluding hydrogens is 250 g/mol. The van der Waals surface area contributed by atoms with E-state index in [1.807, 2.05) is 18.0 Å². The standard InChI is InChI=1S/C17H23NO2/c1-13-4-3-5-14(12-13)6-11-17(20)18(2)15-7-9-16(19)10-8-15/h3-5,12,15H,6-11H2,1-2H3. The number of amides is 1. The minimum absolute atomic E-state index is 0.186. The Balaban J connectivity index is 1.83. The van der Waals surface area contributed by atoms with Gasteiger partial charge in [0.05, 0.1) is 0 Å². The van der Waals surface area contributed by atoms with E-state index < -0.39 is 0 Å². The summed E-state index contributed by atoms with van der Waals surface area (Å²) in [6.45, 7) is 2.07. The number of rotatable bonds is 4. The van der Waals surface area contributed by atoms with E-state index in [9.17, 15) is 9.59 Å². The Hall–Kier alpha value is -1.64. The van der Waals surface area contributed by atoms with Crippen LogP contribution in [0.15, 0.2) is 24.3 Å². The molecule has 3 nitrogen and oxygen atoms in total. The van der Waals surface area contributed by atoms with E-state index in [4.69, 9.17) is 0 Å². The maximum atomic E-state index is 12.2. The van der Waals surface area contributed by atoms with Crippen molar-refractivity contribution in [2.75, 3.05) is 7.05 Å². The predicted octanol–water partition coefficient (Wildman–Crippen LogP) is 2.90. The van der Waals surface area contributed by atoms with Gasteiger partial charge in [-0.3, -0.25) is 9.59 Å². The first kappa shape index (κ1) is 14.8. The van der Waals surface area contributed by atoms with Crippen LogP contribution in [0.2, 0.25) is 0 Å². The first-order valence-electron chi connectivity index (χ1n) is 7.39. The van der Waals surface area contributed by atoms with Crippen LogP contribution >= 0.6 is 0 Å². The first-order chi connectivity index (χ1) is 9.56. The van der Waals surface area contributed by atoms with Crippen molar-refractivity contribution in [3.63, 3.8) is 0 Å². The molecule has 1 aromatic rings. The average molecular weight is 273 g/mol. The minimum atomic E-state index is 0.186. The number of ketones is 1. The molecule has 0 heterocycles. The van der Waals surface area contributed by atoms with Gasteiger partial charge in [-0.15, -0.1) is 0 Å². The smallest absolute Gasteiger partial charge is 0.222 e. The van der Waals surface area contributed by atoms with Crippen LogP contribution in [0, 0.1) is 6.92 Å². The number of carbonyl (C=O) groups excluding carboxylic acids is 2. The summed E-state index contributed by atoms with van der Waals surface area (Å²) < 4.78 is 0. The molecule has 0 unspecified atom stereocenters. The second-order valence-corrected chi connectivity index (χ2v) is 5.76. The summed E-state index contributed by atoms with van der Waals surface area (Å²) in [5.41, 5.74) is 2.44. The predicted molar refractivity (Wildman–Crippen MR) is 79.5 cm³/mol. The highest BCUT2D eigenvalue weighted by molar-refractivity contribution is 5.80. The number of hydrogen-bond acceptors (Lipinski definition) is 2. The fourth-order valence-corrected chi connectivity index (χ4v) is 2.81. The van der Waals surface area contributed by atoms with Crippen LogP contribution in [0.5, 0.6) is 0 Å². The van der Waals surface area contributed by atoms with Crippen LogP contribution in [-0.4, -0.2) is 29.7 Å². The van der Waals surface area contributed by atoms with Crippen LogP contribution < -0.4 is 0 Å². The van der Waals surface area contributed by atoms with Gasteiger partial charge in [0.15, 0.2) is 0 Å². The van der Waals surface area contributed by atoms with Crippen molar-refractivity contribution in [2.24, 2.45) is 0 Å². The zero-order valence-corrected chi connectivity index (χ0v) is 12.4. The Labute approximate surface area is 121 Å². The molecule has 1 saturated carbocycles. The van der Waals surface area contributed by atoms with Gasteiger partial charge < -0.3 is 4.90 Å². The van der Waals surface area contributed by atoms with Crippen molar-refractivity contribution in [1.82, 2.24) is 4.90 Å². The Bertz CT molecular complexity index is 486.